The van der Waals surface area contributed by atoms with Crippen LogP contribution in [-0.4, -0.2) is 9.97 Å². The maximum absolute atomic E-state index is 5.52. The molecular weight excluding hydrogens is 318 g/mol. The number of anilines is 3. The lowest BCUT2D eigenvalue weighted by atomic mass is 10.1. The van der Waals surface area contributed by atoms with Crippen LogP contribution in [0.1, 0.15) is 24.5 Å². The third-order valence-electron chi connectivity index (χ3n) is 2.89. The smallest absolute Gasteiger partial charge is 0.148 e. The predicted octanol–water partition coefficient (Wildman–Crippen LogP) is 3.53. The summed E-state index contributed by atoms with van der Waals surface area (Å²) >= 11 is 3.50. The van der Waals surface area contributed by atoms with Crippen molar-refractivity contribution in [2.45, 2.75) is 26.7 Å². The summed E-state index contributed by atoms with van der Waals surface area (Å²) in [6, 6.07) is 6.14. The van der Waals surface area contributed by atoms with Gasteiger partial charge < -0.3 is 10.7 Å². The molecule has 6 heteroatoms. The molecule has 2 aromatic rings. The minimum atomic E-state index is 0.663. The van der Waals surface area contributed by atoms with Gasteiger partial charge in [0.05, 0.1) is 0 Å². The van der Waals surface area contributed by atoms with Crippen molar-refractivity contribution in [3.63, 3.8) is 0 Å². The highest BCUT2D eigenvalue weighted by molar-refractivity contribution is 9.10. The fourth-order valence-electron chi connectivity index (χ4n) is 2.08. The zero-order valence-electron chi connectivity index (χ0n) is 11.6. The second kappa shape index (κ2) is 6.67. The molecule has 0 amide bonds. The number of hydrogen-bond acceptors (Lipinski definition) is 5. The first-order valence-electron chi connectivity index (χ1n) is 6.48. The van der Waals surface area contributed by atoms with E-state index in [1.807, 2.05) is 6.07 Å². The molecule has 0 aliphatic carbocycles. The summed E-state index contributed by atoms with van der Waals surface area (Å²) in [5, 5.41) is 3.34. The van der Waals surface area contributed by atoms with Gasteiger partial charge in [0, 0.05) is 15.7 Å². The number of nitrogens with two attached hydrogens (primary N) is 1. The van der Waals surface area contributed by atoms with E-state index in [1.54, 1.807) is 0 Å². The number of hydrazine groups is 1. The van der Waals surface area contributed by atoms with Gasteiger partial charge >= 0.3 is 0 Å². The van der Waals surface area contributed by atoms with Gasteiger partial charge in [-0.05, 0) is 37.1 Å². The Kier molecular flexibility index (Phi) is 4.92. The van der Waals surface area contributed by atoms with Gasteiger partial charge in [-0.3, -0.25) is 0 Å². The fourth-order valence-corrected chi connectivity index (χ4v) is 2.68. The molecule has 0 fully saturated rings. The van der Waals surface area contributed by atoms with E-state index in [4.69, 9.17) is 5.84 Å². The zero-order valence-corrected chi connectivity index (χ0v) is 13.2. The lowest BCUT2D eigenvalue weighted by Crippen LogP contribution is -2.13. The van der Waals surface area contributed by atoms with E-state index in [2.05, 4.69) is 62.6 Å². The molecule has 0 spiro atoms. The standard InChI is InChI=1S/C14H18BrN5/c1-3-4-12-13(17-8-18-14(12)20-16)19-11-6-9(2)5-10(15)7-11/h5-8H,3-4,16H2,1-2H3,(H2,17,18,19,20). The van der Waals surface area contributed by atoms with Gasteiger partial charge in [0.25, 0.3) is 0 Å². The topological polar surface area (TPSA) is 75.9 Å². The maximum Gasteiger partial charge on any atom is 0.148 e. The third-order valence-corrected chi connectivity index (χ3v) is 3.34. The van der Waals surface area contributed by atoms with Crippen molar-refractivity contribution in [1.82, 2.24) is 9.97 Å². The molecule has 1 heterocycles. The Morgan fingerprint density at radius 1 is 1.20 bits per heavy atom. The molecule has 5 nitrogen and oxygen atoms in total. The van der Waals surface area contributed by atoms with Crippen molar-refractivity contribution in [2.75, 3.05) is 10.7 Å². The van der Waals surface area contributed by atoms with Crippen LogP contribution in [0.2, 0.25) is 0 Å². The lowest BCUT2D eigenvalue weighted by molar-refractivity contribution is 0.903. The molecule has 0 saturated heterocycles. The molecule has 20 heavy (non-hydrogen) atoms. The summed E-state index contributed by atoms with van der Waals surface area (Å²) in [7, 11) is 0. The van der Waals surface area contributed by atoms with E-state index < -0.39 is 0 Å². The SMILES string of the molecule is CCCc1c(NN)ncnc1Nc1cc(C)cc(Br)c1. The number of nitrogen functional groups attached to an aromatic ring is 1. The Hall–Kier alpha value is -1.66. The number of benzene rings is 1. The van der Waals surface area contributed by atoms with E-state index >= 15 is 0 Å². The van der Waals surface area contributed by atoms with Gasteiger partial charge in [0.1, 0.15) is 18.0 Å². The molecule has 2 rings (SSSR count). The minimum absolute atomic E-state index is 0.663. The van der Waals surface area contributed by atoms with Gasteiger partial charge in [-0.1, -0.05) is 29.3 Å². The number of aryl methyl sites for hydroxylation is 1. The summed E-state index contributed by atoms with van der Waals surface area (Å²) in [5.41, 5.74) is 5.78. The summed E-state index contributed by atoms with van der Waals surface area (Å²) in [6.45, 7) is 4.16. The Balaban J connectivity index is 2.37. The van der Waals surface area contributed by atoms with Crippen LogP contribution in [0.5, 0.6) is 0 Å². The number of nitrogens with zero attached hydrogens (tertiary/aromatic N) is 2. The summed E-state index contributed by atoms with van der Waals surface area (Å²) in [4.78, 5) is 8.48. The van der Waals surface area contributed by atoms with Crippen molar-refractivity contribution in [1.29, 1.82) is 0 Å². The van der Waals surface area contributed by atoms with Crippen LogP contribution >= 0.6 is 15.9 Å². The maximum atomic E-state index is 5.52. The summed E-state index contributed by atoms with van der Waals surface area (Å²) in [5.74, 6) is 6.96. The van der Waals surface area contributed by atoms with Crippen molar-refractivity contribution >= 4 is 33.3 Å². The van der Waals surface area contributed by atoms with Crippen molar-refractivity contribution in [2.24, 2.45) is 5.84 Å². The van der Waals surface area contributed by atoms with Crippen LogP contribution in [0.25, 0.3) is 0 Å². The summed E-state index contributed by atoms with van der Waals surface area (Å²) < 4.78 is 1.03. The Bertz CT molecular complexity index is 580. The number of hydrogen-bond donors (Lipinski definition) is 3. The molecule has 0 atom stereocenters. The molecule has 0 radical (unpaired) electrons. The quantitative estimate of drug-likeness (QED) is 0.575. The van der Waals surface area contributed by atoms with Gasteiger partial charge in [-0.25, -0.2) is 15.8 Å². The third kappa shape index (κ3) is 3.46. The predicted molar refractivity (Wildman–Crippen MR) is 86.0 cm³/mol. The number of halogens is 1. The minimum Gasteiger partial charge on any atom is -0.340 e. The normalized spacial score (nSPS) is 10.4. The highest BCUT2D eigenvalue weighted by Crippen LogP contribution is 2.26. The molecule has 0 saturated carbocycles. The van der Waals surface area contributed by atoms with Gasteiger partial charge in [0.15, 0.2) is 0 Å². The van der Waals surface area contributed by atoms with Crippen molar-refractivity contribution < 1.29 is 0 Å². The first-order chi connectivity index (χ1) is 9.63. The molecular formula is C14H18BrN5. The molecule has 4 N–H and O–H groups in total. The number of rotatable bonds is 5. The number of aromatic nitrogens is 2. The second-order valence-electron chi connectivity index (χ2n) is 4.59. The van der Waals surface area contributed by atoms with Crippen molar-refractivity contribution in [3.05, 3.63) is 40.1 Å². The monoisotopic (exact) mass is 335 g/mol. The van der Waals surface area contributed by atoms with Crippen LogP contribution in [0.15, 0.2) is 29.0 Å². The van der Waals surface area contributed by atoms with E-state index in [-0.39, 0.29) is 0 Å². The van der Waals surface area contributed by atoms with E-state index in [0.717, 1.165) is 34.4 Å². The van der Waals surface area contributed by atoms with Crippen LogP contribution in [0.4, 0.5) is 17.3 Å². The van der Waals surface area contributed by atoms with E-state index in [9.17, 15) is 0 Å². The average molecular weight is 336 g/mol. The molecule has 0 unspecified atom stereocenters. The molecule has 106 valence electrons. The van der Waals surface area contributed by atoms with Crippen LogP contribution in [0, 0.1) is 6.92 Å². The number of nitrogens with one attached hydrogen (secondary N) is 2. The Morgan fingerprint density at radius 3 is 2.60 bits per heavy atom. The van der Waals surface area contributed by atoms with Gasteiger partial charge in [0.2, 0.25) is 0 Å². The molecule has 0 bridgehead atoms. The van der Waals surface area contributed by atoms with Crippen LogP contribution < -0.4 is 16.6 Å². The lowest BCUT2D eigenvalue weighted by Gasteiger charge is -2.14. The average Bonchev–Trinajstić information content (AvgIpc) is 2.39. The zero-order chi connectivity index (χ0) is 14.5. The molecule has 0 aliphatic heterocycles. The highest BCUT2D eigenvalue weighted by Gasteiger charge is 2.10. The van der Waals surface area contributed by atoms with Gasteiger partial charge in [-0.2, -0.15) is 0 Å². The van der Waals surface area contributed by atoms with E-state index in [1.165, 1.54) is 11.9 Å². The Labute approximate surface area is 127 Å². The molecule has 0 aliphatic rings. The first kappa shape index (κ1) is 14.7. The first-order valence-corrected chi connectivity index (χ1v) is 7.28. The molecule has 1 aromatic heterocycles. The van der Waals surface area contributed by atoms with Crippen molar-refractivity contribution in [3.8, 4) is 0 Å². The highest BCUT2D eigenvalue weighted by atomic mass is 79.9. The molecule has 1 aromatic carbocycles. The van der Waals surface area contributed by atoms with Crippen LogP contribution in [0.3, 0.4) is 0 Å². The van der Waals surface area contributed by atoms with Gasteiger partial charge in [-0.15, -0.1) is 0 Å². The van der Waals surface area contributed by atoms with Crippen LogP contribution in [-0.2, 0) is 6.42 Å². The fraction of sp³-hybridized carbons (Fsp3) is 0.286. The summed E-state index contributed by atoms with van der Waals surface area (Å²) in [6.07, 6.45) is 3.35. The second-order valence-corrected chi connectivity index (χ2v) is 5.50. The Morgan fingerprint density at radius 2 is 1.95 bits per heavy atom. The largest absolute Gasteiger partial charge is 0.340 e. The van der Waals surface area contributed by atoms with E-state index in [0.29, 0.717) is 5.82 Å².